The lowest BCUT2D eigenvalue weighted by molar-refractivity contribution is -0.126. The highest BCUT2D eigenvalue weighted by molar-refractivity contribution is 6.00. The Kier molecular flexibility index (Phi) is 5.57. The van der Waals surface area contributed by atoms with Gasteiger partial charge in [0.25, 0.3) is 0 Å². The molecule has 30 heavy (non-hydrogen) atoms. The lowest BCUT2D eigenvalue weighted by atomic mass is 10.1. The van der Waals surface area contributed by atoms with Crippen LogP contribution in [0.1, 0.15) is 23.1 Å². The average molecular weight is 400 g/mol. The Morgan fingerprint density at radius 3 is 2.77 bits per heavy atom. The van der Waals surface area contributed by atoms with Gasteiger partial charge in [-0.25, -0.2) is 0 Å². The van der Waals surface area contributed by atoms with Gasteiger partial charge in [-0.05, 0) is 66.9 Å². The molecule has 0 radical (unpaired) electrons. The number of benzene rings is 1. The number of nitrogens with zero attached hydrogens (tertiary/aromatic N) is 3. The SMILES string of the molecule is Cc1ccc(N2CC(C(=O)NCc3ccnc(-c4cccnc4)c3)CC2=O)cc1C. The van der Waals surface area contributed by atoms with Crippen molar-refractivity contribution < 1.29 is 9.59 Å². The van der Waals surface area contributed by atoms with Crippen LogP contribution in [0.4, 0.5) is 5.69 Å². The molecule has 3 heterocycles. The number of hydrogen-bond donors (Lipinski definition) is 1. The summed E-state index contributed by atoms with van der Waals surface area (Å²) in [6.45, 7) is 4.87. The van der Waals surface area contributed by atoms with Crippen LogP contribution in [0.3, 0.4) is 0 Å². The molecule has 0 saturated carbocycles. The number of anilines is 1. The van der Waals surface area contributed by atoms with E-state index in [1.54, 1.807) is 23.5 Å². The fraction of sp³-hybridized carbons (Fsp3) is 0.250. The molecule has 0 bridgehead atoms. The number of pyridine rings is 2. The van der Waals surface area contributed by atoms with Crippen LogP contribution in [0.2, 0.25) is 0 Å². The van der Waals surface area contributed by atoms with Gasteiger partial charge in [0.15, 0.2) is 0 Å². The first-order valence-corrected chi connectivity index (χ1v) is 10.0. The van der Waals surface area contributed by atoms with E-state index < -0.39 is 0 Å². The highest BCUT2D eigenvalue weighted by atomic mass is 16.2. The van der Waals surface area contributed by atoms with E-state index in [0.29, 0.717) is 13.1 Å². The maximum absolute atomic E-state index is 12.7. The summed E-state index contributed by atoms with van der Waals surface area (Å²) >= 11 is 0. The molecule has 1 saturated heterocycles. The molecule has 6 heteroatoms. The quantitative estimate of drug-likeness (QED) is 0.712. The lowest BCUT2D eigenvalue weighted by Crippen LogP contribution is -2.32. The molecule has 1 aromatic carbocycles. The molecule has 1 unspecified atom stereocenters. The number of carbonyl (C=O) groups is 2. The van der Waals surface area contributed by atoms with Crippen LogP contribution < -0.4 is 10.2 Å². The molecule has 2 aromatic heterocycles. The topological polar surface area (TPSA) is 75.2 Å². The summed E-state index contributed by atoms with van der Waals surface area (Å²) in [5.74, 6) is -0.464. The predicted octanol–water partition coefficient (Wildman–Crippen LogP) is 3.43. The molecule has 0 aliphatic carbocycles. The first-order chi connectivity index (χ1) is 14.5. The Bertz CT molecular complexity index is 1080. The number of carbonyl (C=O) groups excluding carboxylic acids is 2. The number of nitrogens with one attached hydrogen (secondary N) is 1. The fourth-order valence-corrected chi connectivity index (χ4v) is 3.62. The van der Waals surface area contributed by atoms with Crippen molar-refractivity contribution in [3.8, 4) is 11.3 Å². The van der Waals surface area contributed by atoms with Gasteiger partial charge in [0.2, 0.25) is 11.8 Å². The molecule has 6 nitrogen and oxygen atoms in total. The summed E-state index contributed by atoms with van der Waals surface area (Å²) in [6, 6.07) is 13.6. The highest BCUT2D eigenvalue weighted by Gasteiger charge is 2.35. The van der Waals surface area contributed by atoms with Crippen molar-refractivity contribution in [1.29, 1.82) is 0 Å². The molecule has 1 aliphatic heterocycles. The molecular weight excluding hydrogens is 376 g/mol. The smallest absolute Gasteiger partial charge is 0.227 e. The molecule has 0 spiro atoms. The minimum Gasteiger partial charge on any atom is -0.352 e. The zero-order chi connectivity index (χ0) is 21.1. The number of aromatic nitrogens is 2. The standard InChI is InChI=1S/C24H24N4O2/c1-16-5-6-21(10-17(16)2)28-15-20(12-23(28)29)24(30)27-13-18-7-9-26-22(11-18)19-4-3-8-25-14-19/h3-11,14,20H,12-13,15H2,1-2H3,(H,27,30). The first-order valence-electron chi connectivity index (χ1n) is 10.0. The zero-order valence-corrected chi connectivity index (χ0v) is 17.1. The third kappa shape index (κ3) is 4.22. The Balaban J connectivity index is 1.39. The van der Waals surface area contributed by atoms with Gasteiger partial charge in [-0.1, -0.05) is 6.07 Å². The van der Waals surface area contributed by atoms with E-state index in [4.69, 9.17) is 0 Å². The van der Waals surface area contributed by atoms with Crippen molar-refractivity contribution in [2.24, 2.45) is 5.92 Å². The second-order valence-corrected chi connectivity index (χ2v) is 7.68. The van der Waals surface area contributed by atoms with Gasteiger partial charge in [0, 0.05) is 49.4 Å². The van der Waals surface area contributed by atoms with E-state index >= 15 is 0 Å². The Hall–Kier alpha value is -3.54. The van der Waals surface area contributed by atoms with Crippen molar-refractivity contribution in [1.82, 2.24) is 15.3 Å². The third-order valence-corrected chi connectivity index (χ3v) is 5.55. The Morgan fingerprint density at radius 1 is 1.13 bits per heavy atom. The van der Waals surface area contributed by atoms with Gasteiger partial charge in [0.1, 0.15) is 0 Å². The Labute approximate surface area is 176 Å². The highest BCUT2D eigenvalue weighted by Crippen LogP contribution is 2.27. The van der Waals surface area contributed by atoms with Gasteiger partial charge in [0.05, 0.1) is 11.6 Å². The minimum absolute atomic E-state index is 0.0128. The summed E-state index contributed by atoms with van der Waals surface area (Å²) in [7, 11) is 0. The van der Waals surface area contributed by atoms with Crippen molar-refractivity contribution in [2.75, 3.05) is 11.4 Å². The monoisotopic (exact) mass is 400 g/mol. The number of rotatable bonds is 5. The summed E-state index contributed by atoms with van der Waals surface area (Å²) in [5, 5.41) is 2.97. The molecule has 1 atom stereocenters. The molecule has 2 amide bonds. The summed E-state index contributed by atoms with van der Waals surface area (Å²) in [5.41, 5.74) is 5.86. The fourth-order valence-electron chi connectivity index (χ4n) is 3.62. The summed E-state index contributed by atoms with van der Waals surface area (Å²) < 4.78 is 0. The van der Waals surface area contributed by atoms with Crippen LogP contribution in [0, 0.1) is 19.8 Å². The molecule has 1 N–H and O–H groups in total. The van der Waals surface area contributed by atoms with Crippen LogP contribution in [0.5, 0.6) is 0 Å². The van der Waals surface area contributed by atoms with Crippen molar-refractivity contribution in [2.45, 2.75) is 26.8 Å². The maximum Gasteiger partial charge on any atom is 0.227 e. The van der Waals surface area contributed by atoms with Crippen LogP contribution in [-0.2, 0) is 16.1 Å². The van der Waals surface area contributed by atoms with Gasteiger partial charge < -0.3 is 10.2 Å². The molecular formula is C24H24N4O2. The maximum atomic E-state index is 12.7. The molecule has 1 aliphatic rings. The summed E-state index contributed by atoms with van der Waals surface area (Å²) in [6.07, 6.45) is 5.44. The Morgan fingerprint density at radius 2 is 2.00 bits per heavy atom. The van der Waals surface area contributed by atoms with Gasteiger partial charge in [-0.3, -0.25) is 19.6 Å². The zero-order valence-electron chi connectivity index (χ0n) is 17.1. The second-order valence-electron chi connectivity index (χ2n) is 7.68. The summed E-state index contributed by atoms with van der Waals surface area (Å²) in [4.78, 5) is 35.4. The molecule has 4 rings (SSSR count). The number of hydrogen-bond acceptors (Lipinski definition) is 4. The van der Waals surface area contributed by atoms with Crippen LogP contribution in [0.25, 0.3) is 11.3 Å². The molecule has 3 aromatic rings. The molecule has 1 fully saturated rings. The second kappa shape index (κ2) is 8.45. The average Bonchev–Trinajstić information content (AvgIpc) is 3.16. The van der Waals surface area contributed by atoms with Crippen molar-refractivity contribution in [3.63, 3.8) is 0 Å². The number of aryl methyl sites for hydroxylation is 2. The molecule has 152 valence electrons. The van der Waals surface area contributed by atoms with Crippen LogP contribution >= 0.6 is 0 Å². The number of amides is 2. The van der Waals surface area contributed by atoms with Gasteiger partial charge in [-0.2, -0.15) is 0 Å². The third-order valence-electron chi connectivity index (χ3n) is 5.55. The van der Waals surface area contributed by atoms with Gasteiger partial charge in [-0.15, -0.1) is 0 Å². The normalized spacial score (nSPS) is 16.0. The van der Waals surface area contributed by atoms with E-state index in [9.17, 15) is 9.59 Å². The van der Waals surface area contributed by atoms with Crippen LogP contribution in [0.15, 0.2) is 61.1 Å². The van der Waals surface area contributed by atoms with E-state index in [0.717, 1.165) is 28.1 Å². The first kappa shape index (κ1) is 19.8. The van der Waals surface area contributed by atoms with Gasteiger partial charge >= 0.3 is 0 Å². The van der Waals surface area contributed by atoms with Crippen molar-refractivity contribution >= 4 is 17.5 Å². The van der Waals surface area contributed by atoms with E-state index in [1.165, 1.54) is 5.56 Å². The van der Waals surface area contributed by atoms with E-state index in [2.05, 4.69) is 15.3 Å². The van der Waals surface area contributed by atoms with E-state index in [1.807, 2.05) is 56.3 Å². The lowest BCUT2D eigenvalue weighted by Gasteiger charge is -2.18. The van der Waals surface area contributed by atoms with Crippen LogP contribution in [-0.4, -0.2) is 28.3 Å². The predicted molar refractivity (Wildman–Crippen MR) is 116 cm³/mol. The van der Waals surface area contributed by atoms with Crippen molar-refractivity contribution in [3.05, 3.63) is 77.7 Å². The minimum atomic E-state index is -0.348. The largest absolute Gasteiger partial charge is 0.352 e. The van der Waals surface area contributed by atoms with E-state index in [-0.39, 0.29) is 24.2 Å².